The van der Waals surface area contributed by atoms with Gasteiger partial charge in [-0.3, -0.25) is 4.79 Å². The highest BCUT2D eigenvalue weighted by Crippen LogP contribution is 2.32. The predicted molar refractivity (Wildman–Crippen MR) is 119 cm³/mol. The SMILES string of the molecule is O=C(c1ccc(COc2cccc(Cl)c2Cl)o1)N1CCN(c2ccc(Cl)cc2)CC1. The Morgan fingerprint density at radius 2 is 1.67 bits per heavy atom. The van der Waals surface area contributed by atoms with Crippen LogP contribution >= 0.6 is 34.8 Å². The number of carbonyl (C=O) groups excluding carboxylic acids is 1. The van der Waals surface area contributed by atoms with Crippen LogP contribution in [-0.2, 0) is 6.61 Å². The molecule has 0 N–H and O–H groups in total. The lowest BCUT2D eigenvalue weighted by Gasteiger charge is -2.35. The molecule has 1 amide bonds. The van der Waals surface area contributed by atoms with E-state index in [2.05, 4.69) is 4.90 Å². The van der Waals surface area contributed by atoms with E-state index in [-0.39, 0.29) is 12.5 Å². The summed E-state index contributed by atoms with van der Waals surface area (Å²) in [6, 6.07) is 16.3. The van der Waals surface area contributed by atoms with Gasteiger partial charge in [-0.2, -0.15) is 0 Å². The molecule has 30 heavy (non-hydrogen) atoms. The van der Waals surface area contributed by atoms with Crippen LogP contribution in [0.25, 0.3) is 0 Å². The van der Waals surface area contributed by atoms with E-state index in [0.717, 1.165) is 18.8 Å². The predicted octanol–water partition coefficient (Wildman–Crippen LogP) is 5.78. The minimum atomic E-state index is -0.127. The molecule has 2 aromatic carbocycles. The molecule has 3 aromatic rings. The molecule has 5 nitrogen and oxygen atoms in total. The first kappa shape index (κ1) is 20.9. The highest BCUT2D eigenvalue weighted by atomic mass is 35.5. The molecule has 0 spiro atoms. The zero-order valence-corrected chi connectivity index (χ0v) is 18.3. The molecule has 0 aliphatic carbocycles. The Kier molecular flexibility index (Phi) is 6.42. The van der Waals surface area contributed by atoms with Gasteiger partial charge in [0, 0.05) is 36.9 Å². The summed E-state index contributed by atoms with van der Waals surface area (Å²) in [5.74, 6) is 1.17. The molecular weight excluding hydrogens is 447 g/mol. The third kappa shape index (κ3) is 4.69. The number of rotatable bonds is 5. The third-order valence-electron chi connectivity index (χ3n) is 4.92. The molecule has 4 rings (SSSR count). The molecular formula is C22H19Cl3N2O3. The maximum absolute atomic E-state index is 12.8. The molecule has 0 saturated carbocycles. The van der Waals surface area contributed by atoms with Crippen LogP contribution in [0.5, 0.6) is 5.75 Å². The topological polar surface area (TPSA) is 45.9 Å². The van der Waals surface area contributed by atoms with Gasteiger partial charge in [-0.15, -0.1) is 0 Å². The first-order valence-electron chi connectivity index (χ1n) is 9.46. The Morgan fingerprint density at radius 3 is 2.40 bits per heavy atom. The zero-order valence-electron chi connectivity index (χ0n) is 16.0. The Balaban J connectivity index is 1.33. The minimum Gasteiger partial charge on any atom is -0.484 e. The van der Waals surface area contributed by atoms with Crippen LogP contribution in [0, 0.1) is 0 Å². The summed E-state index contributed by atoms with van der Waals surface area (Å²) in [6.07, 6.45) is 0. The zero-order chi connectivity index (χ0) is 21.1. The minimum absolute atomic E-state index is 0.127. The van der Waals surface area contributed by atoms with Gasteiger partial charge in [-0.1, -0.05) is 40.9 Å². The van der Waals surface area contributed by atoms with Crippen LogP contribution in [0.3, 0.4) is 0 Å². The molecule has 8 heteroatoms. The molecule has 1 aromatic heterocycles. The van der Waals surface area contributed by atoms with E-state index in [1.54, 1.807) is 35.2 Å². The fourth-order valence-electron chi connectivity index (χ4n) is 3.29. The number of carbonyl (C=O) groups is 1. The van der Waals surface area contributed by atoms with Gasteiger partial charge >= 0.3 is 0 Å². The lowest BCUT2D eigenvalue weighted by atomic mass is 10.2. The van der Waals surface area contributed by atoms with E-state index in [4.69, 9.17) is 44.0 Å². The van der Waals surface area contributed by atoms with Gasteiger partial charge in [0.25, 0.3) is 5.91 Å². The lowest BCUT2D eigenvalue weighted by molar-refractivity contribution is 0.0710. The standard InChI is InChI=1S/C22H19Cl3N2O3/c23-15-4-6-16(7-5-15)26-10-12-27(13-11-26)22(28)20-9-8-17(30-20)14-29-19-3-1-2-18(24)21(19)25/h1-9H,10-14H2. The number of halogens is 3. The first-order chi connectivity index (χ1) is 14.5. The van der Waals surface area contributed by atoms with Crippen molar-refractivity contribution in [2.24, 2.45) is 0 Å². The molecule has 0 unspecified atom stereocenters. The van der Waals surface area contributed by atoms with Crippen molar-refractivity contribution in [1.82, 2.24) is 4.90 Å². The van der Waals surface area contributed by atoms with Gasteiger partial charge in [0.05, 0.1) is 5.02 Å². The normalized spacial score (nSPS) is 14.1. The number of amides is 1. The number of anilines is 1. The summed E-state index contributed by atoms with van der Waals surface area (Å²) >= 11 is 18.1. The fourth-order valence-corrected chi connectivity index (χ4v) is 3.76. The van der Waals surface area contributed by atoms with Crippen LogP contribution in [-0.4, -0.2) is 37.0 Å². The average molecular weight is 466 g/mol. The molecule has 2 heterocycles. The summed E-state index contributed by atoms with van der Waals surface area (Å²) in [6.45, 7) is 2.88. The lowest BCUT2D eigenvalue weighted by Crippen LogP contribution is -2.48. The summed E-state index contributed by atoms with van der Waals surface area (Å²) in [5, 5.41) is 1.48. The highest BCUT2D eigenvalue weighted by Gasteiger charge is 2.24. The van der Waals surface area contributed by atoms with Crippen LogP contribution in [0.4, 0.5) is 5.69 Å². The Bertz CT molecular complexity index is 1030. The number of piperazine rings is 1. The maximum Gasteiger partial charge on any atom is 0.289 e. The number of hydrogen-bond donors (Lipinski definition) is 0. The smallest absolute Gasteiger partial charge is 0.289 e. The van der Waals surface area contributed by atoms with Crippen LogP contribution in [0.2, 0.25) is 15.1 Å². The number of hydrogen-bond acceptors (Lipinski definition) is 4. The van der Waals surface area contributed by atoms with Crippen LogP contribution in [0.15, 0.2) is 59.0 Å². The van der Waals surface area contributed by atoms with Crippen molar-refractivity contribution in [1.29, 1.82) is 0 Å². The van der Waals surface area contributed by atoms with E-state index < -0.39 is 0 Å². The summed E-state index contributed by atoms with van der Waals surface area (Å²) in [4.78, 5) is 16.8. The summed E-state index contributed by atoms with van der Waals surface area (Å²) in [7, 11) is 0. The van der Waals surface area contributed by atoms with Crippen molar-refractivity contribution in [3.05, 3.63) is 81.2 Å². The number of nitrogens with zero attached hydrogens (tertiary/aromatic N) is 2. The molecule has 1 aliphatic heterocycles. The Hall–Kier alpha value is -2.34. The fraction of sp³-hybridized carbons (Fsp3) is 0.227. The molecule has 0 bridgehead atoms. The van der Waals surface area contributed by atoms with Gasteiger partial charge in [-0.05, 0) is 48.5 Å². The van der Waals surface area contributed by atoms with Crippen molar-refractivity contribution in [3.63, 3.8) is 0 Å². The van der Waals surface area contributed by atoms with E-state index in [0.29, 0.717) is 45.4 Å². The largest absolute Gasteiger partial charge is 0.484 e. The second-order valence-corrected chi connectivity index (χ2v) is 8.08. The molecule has 1 fully saturated rings. The van der Waals surface area contributed by atoms with Gasteiger partial charge < -0.3 is 19.0 Å². The third-order valence-corrected chi connectivity index (χ3v) is 5.97. The first-order valence-corrected chi connectivity index (χ1v) is 10.6. The van der Waals surface area contributed by atoms with E-state index in [1.807, 2.05) is 24.3 Å². The molecule has 1 aliphatic rings. The molecule has 1 saturated heterocycles. The van der Waals surface area contributed by atoms with Crippen molar-refractivity contribution in [2.75, 3.05) is 31.1 Å². The van der Waals surface area contributed by atoms with Gasteiger partial charge in [-0.25, -0.2) is 0 Å². The summed E-state index contributed by atoms with van der Waals surface area (Å²) < 4.78 is 11.4. The van der Waals surface area contributed by atoms with Crippen LogP contribution in [0.1, 0.15) is 16.3 Å². The van der Waals surface area contributed by atoms with Gasteiger partial charge in [0.15, 0.2) is 5.76 Å². The van der Waals surface area contributed by atoms with E-state index in [1.165, 1.54) is 0 Å². The number of ether oxygens (including phenoxy) is 1. The van der Waals surface area contributed by atoms with Crippen molar-refractivity contribution in [2.45, 2.75) is 6.61 Å². The highest BCUT2D eigenvalue weighted by molar-refractivity contribution is 6.42. The number of furan rings is 1. The molecule has 0 atom stereocenters. The monoisotopic (exact) mass is 464 g/mol. The number of benzene rings is 2. The summed E-state index contributed by atoms with van der Waals surface area (Å²) in [5.41, 5.74) is 1.10. The van der Waals surface area contributed by atoms with E-state index in [9.17, 15) is 4.79 Å². The maximum atomic E-state index is 12.8. The average Bonchev–Trinajstić information content (AvgIpc) is 3.24. The van der Waals surface area contributed by atoms with Crippen LogP contribution < -0.4 is 9.64 Å². The Labute approximate surface area is 189 Å². The van der Waals surface area contributed by atoms with Gasteiger partial charge in [0.1, 0.15) is 23.1 Å². The van der Waals surface area contributed by atoms with E-state index >= 15 is 0 Å². The van der Waals surface area contributed by atoms with Gasteiger partial charge in [0.2, 0.25) is 0 Å². The second-order valence-electron chi connectivity index (χ2n) is 6.86. The Morgan fingerprint density at radius 1 is 0.933 bits per heavy atom. The quantitative estimate of drug-likeness (QED) is 0.479. The molecule has 0 radical (unpaired) electrons. The van der Waals surface area contributed by atoms with Crippen molar-refractivity contribution < 1.29 is 13.9 Å². The van der Waals surface area contributed by atoms with Crippen molar-refractivity contribution >= 4 is 46.4 Å². The second kappa shape index (κ2) is 9.21. The van der Waals surface area contributed by atoms with Crippen molar-refractivity contribution in [3.8, 4) is 5.75 Å². The molecule has 156 valence electrons.